The van der Waals surface area contributed by atoms with Crippen LogP contribution in [0.15, 0.2) is 43.0 Å². The molecule has 116 valence electrons. The van der Waals surface area contributed by atoms with Gasteiger partial charge in [-0.15, -0.1) is 0 Å². The number of halogens is 1. The average Bonchev–Trinajstić information content (AvgIpc) is 2.99. The summed E-state index contributed by atoms with van der Waals surface area (Å²) in [7, 11) is 0. The fraction of sp³-hybridized carbons (Fsp3) is 0.471. The lowest BCUT2D eigenvalue weighted by Gasteiger charge is -2.14. The molecule has 0 saturated carbocycles. The molecule has 1 aromatic heterocycles. The van der Waals surface area contributed by atoms with E-state index < -0.39 is 0 Å². The molecule has 2 aromatic rings. The number of hydrogen-bond donors (Lipinski definition) is 1. The third kappa shape index (κ3) is 5.20. The van der Waals surface area contributed by atoms with E-state index in [-0.39, 0.29) is 17.0 Å². The van der Waals surface area contributed by atoms with Crippen LogP contribution in [0.4, 0.5) is 0 Å². The highest BCUT2D eigenvalue weighted by Gasteiger charge is 2.15. The number of rotatable bonds is 8. The minimum absolute atomic E-state index is 0. The maximum Gasteiger partial charge on any atom is 0.241 e. The molecule has 1 atom stereocenters. The zero-order valence-electron chi connectivity index (χ0n) is 12.9. The van der Waals surface area contributed by atoms with Crippen LogP contribution in [-0.4, -0.2) is 11.6 Å². The minimum atomic E-state index is 0. The second kappa shape index (κ2) is 9.61. The van der Waals surface area contributed by atoms with Gasteiger partial charge in [-0.25, -0.2) is 4.57 Å². The Hall–Kier alpha value is -1.29. The number of imidazole rings is 1. The van der Waals surface area contributed by atoms with Crippen molar-refractivity contribution in [3.63, 3.8) is 0 Å². The van der Waals surface area contributed by atoms with E-state index in [1.165, 1.54) is 18.4 Å². The Kier molecular flexibility index (Phi) is 8.13. The summed E-state index contributed by atoms with van der Waals surface area (Å²) < 4.78 is 7.99. The first-order valence-corrected chi connectivity index (χ1v) is 7.59. The molecular weight excluding hydrogens is 328 g/mol. The lowest BCUT2D eigenvalue weighted by Crippen LogP contribution is -3.00. The molecule has 0 spiro atoms. The Morgan fingerprint density at radius 3 is 2.67 bits per heavy atom. The molecule has 0 fully saturated rings. The van der Waals surface area contributed by atoms with Gasteiger partial charge in [-0.3, -0.25) is 4.98 Å². The first-order valence-electron chi connectivity index (χ1n) is 7.59. The van der Waals surface area contributed by atoms with Gasteiger partial charge in [0.05, 0.1) is 6.61 Å². The van der Waals surface area contributed by atoms with Crippen LogP contribution in [0.2, 0.25) is 0 Å². The Morgan fingerprint density at radius 1 is 1.19 bits per heavy atom. The molecule has 3 nitrogen and oxygen atoms in total. The third-order valence-electron chi connectivity index (χ3n) is 3.63. The zero-order chi connectivity index (χ0) is 14.2. The van der Waals surface area contributed by atoms with Gasteiger partial charge in [-0.2, -0.15) is 0 Å². The molecule has 0 radical (unpaired) electrons. The van der Waals surface area contributed by atoms with E-state index >= 15 is 0 Å². The molecule has 4 heteroatoms. The van der Waals surface area contributed by atoms with Gasteiger partial charge >= 0.3 is 0 Å². The van der Waals surface area contributed by atoms with Gasteiger partial charge in [-0.05, 0) is 37.8 Å². The second-order valence-electron chi connectivity index (χ2n) is 5.08. The number of nitrogens with one attached hydrogen (secondary N) is 1. The standard InChI is InChI=1S/C17H24N2O.BrH/c1-3-7-16(19-13-12-18-14-19)11-10-15-8-5-6-9-17(15)20-4-2;/h5-6,8-9,12-14,16H,3-4,7,10-11H2,1-2H3;1H. The summed E-state index contributed by atoms with van der Waals surface area (Å²) in [5.41, 5.74) is 1.31. The van der Waals surface area contributed by atoms with Crippen LogP contribution in [0, 0.1) is 0 Å². The third-order valence-corrected chi connectivity index (χ3v) is 3.63. The lowest BCUT2D eigenvalue weighted by atomic mass is 10.0. The quantitative estimate of drug-likeness (QED) is 0.695. The Morgan fingerprint density at radius 2 is 2.00 bits per heavy atom. The number of ether oxygens (including phenoxy) is 1. The predicted octanol–water partition coefficient (Wildman–Crippen LogP) is 0.679. The van der Waals surface area contributed by atoms with E-state index in [1.807, 2.05) is 19.2 Å². The van der Waals surface area contributed by atoms with Crippen LogP contribution < -0.4 is 26.3 Å². The summed E-state index contributed by atoms with van der Waals surface area (Å²) in [6, 6.07) is 8.93. The highest BCUT2D eigenvalue weighted by molar-refractivity contribution is 5.33. The highest BCUT2D eigenvalue weighted by Crippen LogP contribution is 2.22. The number of benzene rings is 1. The van der Waals surface area contributed by atoms with E-state index in [0.29, 0.717) is 6.04 Å². The maximum absolute atomic E-state index is 5.71. The number of H-pyrrole nitrogens is 1. The van der Waals surface area contributed by atoms with Crippen LogP contribution >= 0.6 is 0 Å². The normalized spacial score (nSPS) is 11.7. The molecule has 0 amide bonds. The van der Waals surface area contributed by atoms with Gasteiger partial charge in [0, 0.05) is 0 Å². The van der Waals surface area contributed by atoms with Crippen LogP contribution in [0.1, 0.15) is 44.7 Å². The topological polar surface area (TPSA) is 28.9 Å². The Balaban J connectivity index is 0.00000220. The second-order valence-corrected chi connectivity index (χ2v) is 5.08. The minimum Gasteiger partial charge on any atom is -1.00 e. The zero-order valence-corrected chi connectivity index (χ0v) is 14.5. The number of aromatic nitrogens is 2. The molecule has 21 heavy (non-hydrogen) atoms. The number of nitrogens with zero attached hydrogens (tertiary/aromatic N) is 1. The molecule has 0 bridgehead atoms. The van der Waals surface area contributed by atoms with Crippen molar-refractivity contribution in [2.75, 3.05) is 6.61 Å². The SMILES string of the molecule is CCCC(CCc1ccccc1OCC)[n+]1cc[nH]c1.[Br-]. The van der Waals surface area contributed by atoms with Gasteiger partial charge in [-0.1, -0.05) is 31.5 Å². The first-order chi connectivity index (χ1) is 9.85. The summed E-state index contributed by atoms with van der Waals surface area (Å²) >= 11 is 0. The van der Waals surface area contributed by atoms with Crippen molar-refractivity contribution >= 4 is 0 Å². The van der Waals surface area contributed by atoms with Crippen LogP contribution in [0.5, 0.6) is 5.75 Å². The predicted molar refractivity (Wildman–Crippen MR) is 80.9 cm³/mol. The fourth-order valence-electron chi connectivity index (χ4n) is 2.63. The summed E-state index contributed by atoms with van der Waals surface area (Å²) in [5, 5.41) is 0. The van der Waals surface area contributed by atoms with Crippen molar-refractivity contribution in [3.8, 4) is 5.75 Å². The van der Waals surface area contributed by atoms with Gasteiger partial charge < -0.3 is 21.7 Å². The summed E-state index contributed by atoms with van der Waals surface area (Å²) in [6.07, 6.45) is 10.8. The highest BCUT2D eigenvalue weighted by atomic mass is 79.9. The lowest BCUT2D eigenvalue weighted by molar-refractivity contribution is -0.723. The van der Waals surface area contributed by atoms with Crippen molar-refractivity contribution in [1.82, 2.24) is 4.98 Å². The van der Waals surface area contributed by atoms with Crippen molar-refractivity contribution < 1.29 is 26.3 Å². The molecule has 1 unspecified atom stereocenters. The number of para-hydroxylation sites is 1. The molecule has 1 heterocycles. The van der Waals surface area contributed by atoms with E-state index in [4.69, 9.17) is 4.74 Å². The molecular formula is C17H25BrN2O. The monoisotopic (exact) mass is 352 g/mol. The van der Waals surface area contributed by atoms with Crippen molar-refractivity contribution in [1.29, 1.82) is 0 Å². The van der Waals surface area contributed by atoms with E-state index in [0.717, 1.165) is 25.2 Å². The van der Waals surface area contributed by atoms with Crippen molar-refractivity contribution in [3.05, 3.63) is 48.5 Å². The molecule has 0 aliphatic carbocycles. The molecule has 0 saturated heterocycles. The van der Waals surface area contributed by atoms with E-state index in [9.17, 15) is 0 Å². The molecule has 0 aliphatic heterocycles. The summed E-state index contributed by atoms with van der Waals surface area (Å²) in [6.45, 7) is 5.00. The van der Waals surface area contributed by atoms with Gasteiger partial charge in [0.25, 0.3) is 0 Å². The van der Waals surface area contributed by atoms with E-state index in [1.54, 1.807) is 0 Å². The molecule has 0 aliphatic rings. The smallest absolute Gasteiger partial charge is 0.241 e. The molecule has 1 aromatic carbocycles. The fourth-order valence-corrected chi connectivity index (χ4v) is 2.63. The maximum atomic E-state index is 5.71. The van der Waals surface area contributed by atoms with Crippen LogP contribution in [-0.2, 0) is 6.42 Å². The van der Waals surface area contributed by atoms with Crippen LogP contribution in [0.25, 0.3) is 0 Å². The molecule has 1 N–H and O–H groups in total. The van der Waals surface area contributed by atoms with E-state index in [2.05, 4.69) is 47.2 Å². The van der Waals surface area contributed by atoms with Gasteiger partial charge in [0.15, 0.2) is 0 Å². The Bertz CT molecular complexity index is 499. The van der Waals surface area contributed by atoms with Gasteiger partial charge in [0.2, 0.25) is 6.33 Å². The number of hydrogen-bond acceptors (Lipinski definition) is 1. The number of aryl methyl sites for hydroxylation is 1. The van der Waals surface area contributed by atoms with Gasteiger partial charge in [0.1, 0.15) is 24.2 Å². The molecule has 2 rings (SSSR count). The van der Waals surface area contributed by atoms with Crippen molar-refractivity contribution in [2.24, 2.45) is 0 Å². The summed E-state index contributed by atoms with van der Waals surface area (Å²) in [5.74, 6) is 1.03. The van der Waals surface area contributed by atoms with Crippen molar-refractivity contribution in [2.45, 2.75) is 45.6 Å². The van der Waals surface area contributed by atoms with Crippen LogP contribution in [0.3, 0.4) is 0 Å². The Labute approximate surface area is 138 Å². The summed E-state index contributed by atoms with van der Waals surface area (Å²) in [4.78, 5) is 3.14. The average molecular weight is 353 g/mol. The first kappa shape index (κ1) is 17.8. The largest absolute Gasteiger partial charge is 1.00 e. The number of aromatic amines is 1.